The second-order valence-electron chi connectivity index (χ2n) is 9.97. The van der Waals surface area contributed by atoms with Crippen molar-refractivity contribution in [2.45, 2.75) is 18.7 Å². The summed E-state index contributed by atoms with van der Waals surface area (Å²) >= 11 is 1.34. The highest BCUT2D eigenvalue weighted by atomic mass is 32.2. The number of ether oxygens (including phenoxy) is 3. The van der Waals surface area contributed by atoms with E-state index in [4.69, 9.17) is 14.2 Å². The van der Waals surface area contributed by atoms with E-state index in [9.17, 15) is 14.4 Å². The van der Waals surface area contributed by atoms with E-state index in [1.54, 1.807) is 60.7 Å². The molecule has 232 valence electrons. The molecule has 45 heavy (non-hydrogen) atoms. The number of hydrogen-bond acceptors (Lipinski definition) is 7. The van der Waals surface area contributed by atoms with Gasteiger partial charge in [-0.25, -0.2) is 0 Å². The minimum absolute atomic E-state index is 0.0101. The van der Waals surface area contributed by atoms with Crippen LogP contribution in [0.2, 0.25) is 0 Å². The summed E-state index contributed by atoms with van der Waals surface area (Å²) in [4.78, 5) is 40.1. The molecule has 0 saturated carbocycles. The highest BCUT2D eigenvalue weighted by molar-refractivity contribution is 8.00. The Labute approximate surface area is 267 Å². The number of methoxy groups -OCH3 is 3. The van der Waals surface area contributed by atoms with Crippen molar-refractivity contribution in [1.82, 2.24) is 5.32 Å². The summed E-state index contributed by atoms with van der Waals surface area (Å²) in [6, 6.07) is 25.0. The van der Waals surface area contributed by atoms with Crippen molar-refractivity contribution < 1.29 is 28.6 Å². The number of hydrogen-bond donors (Lipinski definition) is 3. The van der Waals surface area contributed by atoms with Gasteiger partial charge in [-0.15, -0.1) is 11.8 Å². The van der Waals surface area contributed by atoms with Gasteiger partial charge in [-0.3, -0.25) is 14.4 Å². The van der Waals surface area contributed by atoms with Gasteiger partial charge in [0.05, 0.1) is 27.1 Å². The standard InChI is InChI=1S/C35H35N3O6S/c1-22-14-15-23(2)28(16-22)37-32(39)21-45-27-13-9-12-26(20-27)36-35(41)29(38-34(40)25-10-7-6-8-11-25)17-24-18-30(42-3)33(44-5)31(19-24)43-4/h6-20H,21H2,1-5H3,(H,36,41)(H,37,39)(H,38,40)/b29-17+. The first-order valence-electron chi connectivity index (χ1n) is 14.0. The van der Waals surface area contributed by atoms with Crippen molar-refractivity contribution in [3.63, 3.8) is 0 Å². The lowest BCUT2D eigenvalue weighted by molar-refractivity contribution is -0.114. The van der Waals surface area contributed by atoms with Gasteiger partial charge < -0.3 is 30.2 Å². The molecular formula is C35H35N3O6S. The molecule has 0 spiro atoms. The smallest absolute Gasteiger partial charge is 0.272 e. The van der Waals surface area contributed by atoms with E-state index in [2.05, 4.69) is 16.0 Å². The number of aryl methyl sites for hydroxylation is 2. The van der Waals surface area contributed by atoms with Crippen LogP contribution in [-0.2, 0) is 9.59 Å². The van der Waals surface area contributed by atoms with E-state index in [-0.39, 0.29) is 17.4 Å². The number of thioether (sulfide) groups is 1. The Bertz CT molecular complexity index is 1700. The number of amides is 3. The fraction of sp³-hybridized carbons (Fsp3) is 0.171. The van der Waals surface area contributed by atoms with Gasteiger partial charge in [-0.2, -0.15) is 0 Å². The molecule has 0 bridgehead atoms. The maximum atomic E-state index is 13.6. The van der Waals surface area contributed by atoms with Crippen molar-refractivity contribution in [2.75, 3.05) is 37.7 Å². The lowest BCUT2D eigenvalue weighted by Crippen LogP contribution is -2.30. The molecule has 9 nitrogen and oxygen atoms in total. The zero-order valence-corrected chi connectivity index (χ0v) is 26.5. The average Bonchev–Trinajstić information content (AvgIpc) is 3.05. The molecular weight excluding hydrogens is 590 g/mol. The summed E-state index contributed by atoms with van der Waals surface area (Å²) < 4.78 is 16.3. The van der Waals surface area contributed by atoms with Crippen molar-refractivity contribution in [2.24, 2.45) is 0 Å². The van der Waals surface area contributed by atoms with Crippen LogP contribution in [-0.4, -0.2) is 44.8 Å². The van der Waals surface area contributed by atoms with E-state index in [0.717, 1.165) is 21.7 Å². The Morgan fingerprint density at radius 2 is 1.49 bits per heavy atom. The minimum atomic E-state index is -0.553. The van der Waals surface area contributed by atoms with Gasteiger partial charge in [0.1, 0.15) is 5.70 Å². The maximum Gasteiger partial charge on any atom is 0.272 e. The normalized spacial score (nSPS) is 10.9. The second kappa shape index (κ2) is 15.5. The quantitative estimate of drug-likeness (QED) is 0.122. The highest BCUT2D eigenvalue weighted by Gasteiger charge is 2.18. The molecule has 0 atom stereocenters. The van der Waals surface area contributed by atoms with E-state index in [1.807, 2.05) is 38.1 Å². The van der Waals surface area contributed by atoms with Crippen molar-refractivity contribution >= 4 is 46.9 Å². The summed E-state index contributed by atoms with van der Waals surface area (Å²) in [5.41, 5.74) is 4.23. The van der Waals surface area contributed by atoms with Gasteiger partial charge in [-0.1, -0.05) is 36.4 Å². The van der Waals surface area contributed by atoms with Crippen LogP contribution in [0.3, 0.4) is 0 Å². The Morgan fingerprint density at radius 3 is 2.16 bits per heavy atom. The van der Waals surface area contributed by atoms with Crippen molar-refractivity contribution in [3.8, 4) is 17.2 Å². The third kappa shape index (κ3) is 8.90. The number of carbonyl (C=O) groups is 3. The van der Waals surface area contributed by atoms with E-state index >= 15 is 0 Å². The molecule has 3 N–H and O–H groups in total. The Kier molecular flexibility index (Phi) is 11.3. The number of anilines is 2. The summed E-state index contributed by atoms with van der Waals surface area (Å²) in [6.07, 6.45) is 1.52. The molecule has 0 aliphatic rings. The third-order valence-electron chi connectivity index (χ3n) is 6.66. The van der Waals surface area contributed by atoms with Gasteiger partial charge in [0.2, 0.25) is 11.7 Å². The molecule has 3 amide bonds. The number of rotatable bonds is 12. The Morgan fingerprint density at radius 1 is 0.778 bits per heavy atom. The molecule has 0 saturated heterocycles. The minimum Gasteiger partial charge on any atom is -0.493 e. The molecule has 0 radical (unpaired) electrons. The van der Waals surface area contributed by atoms with Crippen LogP contribution in [0.15, 0.2) is 95.5 Å². The van der Waals surface area contributed by atoms with Crippen LogP contribution < -0.4 is 30.2 Å². The zero-order valence-electron chi connectivity index (χ0n) is 25.7. The summed E-state index contributed by atoms with van der Waals surface area (Å²) in [5.74, 6) is 0.221. The summed E-state index contributed by atoms with van der Waals surface area (Å²) in [5, 5.41) is 8.55. The number of carbonyl (C=O) groups excluding carboxylic acids is 3. The molecule has 0 fully saturated rings. The topological polar surface area (TPSA) is 115 Å². The lowest BCUT2D eigenvalue weighted by Gasteiger charge is -2.15. The van der Waals surface area contributed by atoms with Gasteiger partial charge in [0.15, 0.2) is 11.5 Å². The van der Waals surface area contributed by atoms with Crippen LogP contribution >= 0.6 is 11.8 Å². The van der Waals surface area contributed by atoms with Crippen LogP contribution in [0, 0.1) is 13.8 Å². The number of nitrogens with one attached hydrogen (secondary N) is 3. The molecule has 0 aliphatic heterocycles. The van der Waals surface area contributed by atoms with Crippen LogP contribution in [0.5, 0.6) is 17.2 Å². The highest BCUT2D eigenvalue weighted by Crippen LogP contribution is 2.38. The molecule has 10 heteroatoms. The average molecular weight is 626 g/mol. The van der Waals surface area contributed by atoms with Gasteiger partial charge >= 0.3 is 0 Å². The van der Waals surface area contributed by atoms with E-state index < -0.39 is 11.8 Å². The van der Waals surface area contributed by atoms with Crippen LogP contribution in [0.25, 0.3) is 6.08 Å². The van der Waals surface area contributed by atoms with E-state index in [1.165, 1.54) is 39.2 Å². The third-order valence-corrected chi connectivity index (χ3v) is 7.65. The predicted octanol–water partition coefficient (Wildman–Crippen LogP) is 6.47. The van der Waals surface area contributed by atoms with E-state index in [0.29, 0.717) is 34.1 Å². The number of benzene rings is 4. The molecule has 4 aromatic rings. The molecule has 0 heterocycles. The molecule has 0 aliphatic carbocycles. The SMILES string of the molecule is COc1cc(/C=C(/NC(=O)c2ccccc2)C(=O)Nc2cccc(SCC(=O)Nc3cc(C)ccc3C)c2)cc(OC)c1OC. The predicted molar refractivity (Wildman–Crippen MR) is 178 cm³/mol. The monoisotopic (exact) mass is 625 g/mol. The van der Waals surface area contributed by atoms with Gasteiger partial charge in [0, 0.05) is 21.8 Å². The lowest BCUT2D eigenvalue weighted by atomic mass is 10.1. The summed E-state index contributed by atoms with van der Waals surface area (Å²) in [6.45, 7) is 3.92. The van der Waals surface area contributed by atoms with Crippen LogP contribution in [0.1, 0.15) is 27.0 Å². The molecule has 0 unspecified atom stereocenters. The molecule has 4 rings (SSSR count). The largest absolute Gasteiger partial charge is 0.493 e. The maximum absolute atomic E-state index is 13.6. The van der Waals surface area contributed by atoms with Crippen molar-refractivity contribution in [3.05, 3.63) is 113 Å². The fourth-order valence-corrected chi connectivity index (χ4v) is 5.12. The Hall–Kier alpha value is -5.22. The summed E-state index contributed by atoms with van der Waals surface area (Å²) in [7, 11) is 4.49. The molecule has 0 aromatic heterocycles. The van der Waals surface area contributed by atoms with Gasteiger partial charge in [-0.05, 0) is 85.1 Å². The van der Waals surface area contributed by atoms with Crippen LogP contribution in [0.4, 0.5) is 11.4 Å². The van der Waals surface area contributed by atoms with Gasteiger partial charge in [0.25, 0.3) is 11.8 Å². The first-order valence-corrected chi connectivity index (χ1v) is 15.0. The second-order valence-corrected chi connectivity index (χ2v) is 11.0. The fourth-order valence-electron chi connectivity index (χ4n) is 4.36. The zero-order chi connectivity index (χ0) is 32.3. The van der Waals surface area contributed by atoms with Crippen molar-refractivity contribution in [1.29, 1.82) is 0 Å². The molecule has 4 aromatic carbocycles. The first kappa shape index (κ1) is 32.7. The first-order chi connectivity index (χ1) is 21.7. The Balaban J connectivity index is 1.54.